The van der Waals surface area contributed by atoms with Gasteiger partial charge in [-0.3, -0.25) is 0 Å². The SMILES string of the molecule is Cn1c([N+](=O)[O-])cnc1-c1nnc(N)[nH]1. The molecule has 0 aromatic carbocycles. The molecule has 0 fully saturated rings. The summed E-state index contributed by atoms with van der Waals surface area (Å²) in [6.07, 6.45) is 1.15. The van der Waals surface area contributed by atoms with Crippen LogP contribution in [0.1, 0.15) is 0 Å². The van der Waals surface area contributed by atoms with E-state index < -0.39 is 4.92 Å². The molecule has 0 saturated carbocycles. The van der Waals surface area contributed by atoms with Crippen molar-refractivity contribution >= 4 is 11.8 Å². The largest absolute Gasteiger partial charge is 0.368 e. The molecule has 0 spiro atoms. The Morgan fingerprint density at radius 2 is 2.33 bits per heavy atom. The van der Waals surface area contributed by atoms with Gasteiger partial charge in [0.05, 0.1) is 7.05 Å². The van der Waals surface area contributed by atoms with Crippen molar-refractivity contribution in [2.45, 2.75) is 0 Å². The highest BCUT2D eigenvalue weighted by molar-refractivity contribution is 5.48. The Balaban J connectivity index is 2.50. The van der Waals surface area contributed by atoms with E-state index in [1.807, 2.05) is 0 Å². The third-order valence-corrected chi connectivity index (χ3v) is 1.87. The van der Waals surface area contributed by atoms with Crippen molar-refractivity contribution < 1.29 is 4.92 Å². The number of nitrogens with one attached hydrogen (secondary N) is 1. The molecule has 9 heteroatoms. The Hall–Kier alpha value is -2.45. The Labute approximate surface area is 83.1 Å². The lowest BCUT2D eigenvalue weighted by Crippen LogP contribution is -1.99. The molecule has 9 nitrogen and oxygen atoms in total. The highest BCUT2D eigenvalue weighted by Gasteiger charge is 2.20. The number of rotatable bonds is 2. The van der Waals surface area contributed by atoms with Crippen molar-refractivity contribution in [3.05, 3.63) is 16.3 Å². The first-order valence-electron chi connectivity index (χ1n) is 3.94. The molecule has 0 radical (unpaired) electrons. The summed E-state index contributed by atoms with van der Waals surface area (Å²) >= 11 is 0. The van der Waals surface area contributed by atoms with Gasteiger partial charge in [0.2, 0.25) is 11.8 Å². The van der Waals surface area contributed by atoms with Gasteiger partial charge in [0.1, 0.15) is 6.20 Å². The molecule has 0 saturated heterocycles. The van der Waals surface area contributed by atoms with Gasteiger partial charge in [-0.05, 0) is 4.92 Å². The topological polar surface area (TPSA) is 129 Å². The lowest BCUT2D eigenvalue weighted by atomic mass is 10.6. The first-order chi connectivity index (χ1) is 7.09. The summed E-state index contributed by atoms with van der Waals surface area (Å²) < 4.78 is 1.29. The summed E-state index contributed by atoms with van der Waals surface area (Å²) in [6.45, 7) is 0. The Morgan fingerprint density at radius 3 is 2.80 bits per heavy atom. The van der Waals surface area contributed by atoms with E-state index in [4.69, 9.17) is 5.73 Å². The van der Waals surface area contributed by atoms with Crippen LogP contribution in [-0.2, 0) is 7.05 Å². The van der Waals surface area contributed by atoms with E-state index in [9.17, 15) is 10.1 Å². The fourth-order valence-electron chi connectivity index (χ4n) is 1.17. The summed E-state index contributed by atoms with van der Waals surface area (Å²) in [4.78, 5) is 16.5. The van der Waals surface area contributed by atoms with Crippen molar-refractivity contribution in [3.63, 3.8) is 0 Å². The number of nitro groups is 1. The van der Waals surface area contributed by atoms with Crippen LogP contribution in [0.15, 0.2) is 6.20 Å². The fourth-order valence-corrected chi connectivity index (χ4v) is 1.17. The average molecular weight is 209 g/mol. The van der Waals surface area contributed by atoms with E-state index in [1.165, 1.54) is 11.6 Å². The number of anilines is 1. The van der Waals surface area contributed by atoms with Gasteiger partial charge in [-0.25, -0.2) is 9.55 Å². The Bertz CT molecular complexity index is 513. The van der Waals surface area contributed by atoms with Crippen LogP contribution in [0.3, 0.4) is 0 Å². The molecular formula is C6H7N7O2. The van der Waals surface area contributed by atoms with Gasteiger partial charge in [0.15, 0.2) is 0 Å². The average Bonchev–Trinajstić information content (AvgIpc) is 2.71. The van der Waals surface area contributed by atoms with Gasteiger partial charge in [0.25, 0.3) is 5.82 Å². The minimum atomic E-state index is -0.532. The van der Waals surface area contributed by atoms with Crippen LogP contribution >= 0.6 is 0 Å². The molecule has 2 aromatic rings. The molecule has 2 heterocycles. The number of aromatic nitrogens is 5. The molecule has 0 atom stereocenters. The molecule has 0 aliphatic carbocycles. The fraction of sp³-hybridized carbons (Fsp3) is 0.167. The molecule has 0 aliphatic heterocycles. The quantitative estimate of drug-likeness (QED) is 0.515. The summed E-state index contributed by atoms with van der Waals surface area (Å²) in [5.74, 6) is 0.615. The summed E-state index contributed by atoms with van der Waals surface area (Å²) in [6, 6.07) is 0. The maximum absolute atomic E-state index is 10.5. The summed E-state index contributed by atoms with van der Waals surface area (Å²) in [5, 5.41) is 17.8. The number of nitrogen functional groups attached to an aromatic ring is 1. The normalized spacial score (nSPS) is 10.5. The Kier molecular flexibility index (Phi) is 1.85. The third kappa shape index (κ3) is 1.39. The van der Waals surface area contributed by atoms with Gasteiger partial charge < -0.3 is 20.8 Å². The minimum Gasteiger partial charge on any atom is -0.368 e. The van der Waals surface area contributed by atoms with Gasteiger partial charge in [-0.1, -0.05) is 0 Å². The number of imidazole rings is 1. The van der Waals surface area contributed by atoms with Crippen molar-refractivity contribution in [1.82, 2.24) is 24.7 Å². The van der Waals surface area contributed by atoms with Crippen molar-refractivity contribution in [3.8, 4) is 11.6 Å². The number of H-pyrrole nitrogens is 1. The number of hydrogen-bond acceptors (Lipinski definition) is 6. The van der Waals surface area contributed by atoms with Crippen LogP contribution in [0, 0.1) is 10.1 Å². The van der Waals surface area contributed by atoms with Gasteiger partial charge in [-0.15, -0.1) is 10.2 Å². The first-order valence-corrected chi connectivity index (χ1v) is 3.94. The van der Waals surface area contributed by atoms with E-state index in [0.717, 1.165) is 6.20 Å². The van der Waals surface area contributed by atoms with E-state index in [1.54, 1.807) is 0 Å². The number of aromatic amines is 1. The second-order valence-electron chi connectivity index (χ2n) is 2.81. The number of hydrogen-bond donors (Lipinski definition) is 2. The second-order valence-corrected chi connectivity index (χ2v) is 2.81. The predicted octanol–water partition coefficient (Wildman–Crippen LogP) is -0.304. The van der Waals surface area contributed by atoms with Crippen LogP contribution in [-0.4, -0.2) is 29.7 Å². The second kappa shape index (κ2) is 3.04. The molecule has 3 N–H and O–H groups in total. The van der Waals surface area contributed by atoms with Crippen LogP contribution in [0.25, 0.3) is 11.6 Å². The van der Waals surface area contributed by atoms with Crippen LogP contribution < -0.4 is 5.73 Å². The van der Waals surface area contributed by atoms with Crippen molar-refractivity contribution in [2.75, 3.05) is 5.73 Å². The molecule has 0 unspecified atom stereocenters. The third-order valence-electron chi connectivity index (χ3n) is 1.87. The molecule has 78 valence electrons. The molecule has 2 rings (SSSR count). The molecule has 0 bridgehead atoms. The van der Waals surface area contributed by atoms with Crippen molar-refractivity contribution in [1.29, 1.82) is 0 Å². The smallest absolute Gasteiger partial charge is 0.343 e. The summed E-state index contributed by atoms with van der Waals surface area (Å²) in [5.41, 5.74) is 5.33. The van der Waals surface area contributed by atoms with Crippen LogP contribution in [0.2, 0.25) is 0 Å². The zero-order valence-electron chi connectivity index (χ0n) is 7.71. The molecule has 0 amide bonds. The van der Waals surface area contributed by atoms with Crippen molar-refractivity contribution in [2.24, 2.45) is 7.05 Å². The molecule has 15 heavy (non-hydrogen) atoms. The van der Waals surface area contributed by atoms with Crippen LogP contribution in [0.4, 0.5) is 11.8 Å². The molecule has 2 aromatic heterocycles. The number of nitrogens with zero attached hydrogens (tertiary/aromatic N) is 5. The van der Waals surface area contributed by atoms with E-state index >= 15 is 0 Å². The predicted molar refractivity (Wildman–Crippen MR) is 49.7 cm³/mol. The molecular weight excluding hydrogens is 202 g/mol. The van der Waals surface area contributed by atoms with Gasteiger partial charge >= 0.3 is 5.82 Å². The summed E-state index contributed by atoms with van der Waals surface area (Å²) in [7, 11) is 1.51. The zero-order chi connectivity index (χ0) is 11.0. The monoisotopic (exact) mass is 209 g/mol. The van der Waals surface area contributed by atoms with Crippen LogP contribution in [0.5, 0.6) is 0 Å². The van der Waals surface area contributed by atoms with E-state index in [-0.39, 0.29) is 11.8 Å². The lowest BCUT2D eigenvalue weighted by molar-refractivity contribution is -0.391. The highest BCUT2D eigenvalue weighted by atomic mass is 16.6. The maximum Gasteiger partial charge on any atom is 0.343 e. The standard InChI is InChI=1S/C6H7N7O2/c1-12-3(13(14)15)2-8-5(12)4-9-6(7)11-10-4/h2H,1H3,(H3,7,9,10,11). The zero-order valence-corrected chi connectivity index (χ0v) is 7.71. The highest BCUT2D eigenvalue weighted by Crippen LogP contribution is 2.19. The minimum absolute atomic E-state index is 0.125. The van der Waals surface area contributed by atoms with Gasteiger partial charge in [-0.2, -0.15) is 0 Å². The van der Waals surface area contributed by atoms with E-state index in [2.05, 4.69) is 20.2 Å². The lowest BCUT2D eigenvalue weighted by Gasteiger charge is -1.94. The first kappa shape index (κ1) is 9.12. The number of nitrogens with two attached hydrogens (primary N) is 1. The van der Waals surface area contributed by atoms with E-state index in [0.29, 0.717) is 11.6 Å². The van der Waals surface area contributed by atoms with Gasteiger partial charge in [0, 0.05) is 0 Å². The molecule has 0 aliphatic rings. The maximum atomic E-state index is 10.5. The Morgan fingerprint density at radius 1 is 1.60 bits per heavy atom.